The number of nitrogens with one attached hydrogen (secondary N) is 2. The van der Waals surface area contributed by atoms with E-state index in [1.807, 2.05) is 12.3 Å². The summed E-state index contributed by atoms with van der Waals surface area (Å²) in [5.41, 5.74) is 1.69. The quantitative estimate of drug-likeness (QED) is 0.550. The van der Waals surface area contributed by atoms with Crippen molar-refractivity contribution in [1.82, 2.24) is 9.97 Å². The maximum Gasteiger partial charge on any atom is 0.235 e. The largest absolute Gasteiger partial charge is 0.396 e. The number of aromatic amines is 2. The van der Waals surface area contributed by atoms with Crippen molar-refractivity contribution in [3.05, 3.63) is 24.3 Å². The van der Waals surface area contributed by atoms with E-state index in [1.54, 1.807) is 6.33 Å². The molecule has 0 amide bonds. The van der Waals surface area contributed by atoms with E-state index in [-0.39, 0.29) is 6.61 Å². The van der Waals surface area contributed by atoms with Gasteiger partial charge in [0.25, 0.3) is 0 Å². The Bertz CT molecular complexity index is 507. The molecule has 4 heteroatoms. The van der Waals surface area contributed by atoms with Crippen LogP contribution >= 0.6 is 0 Å². The van der Waals surface area contributed by atoms with Crippen LogP contribution in [-0.2, 0) is 0 Å². The number of aromatic nitrogens is 3. The number of fused-ring (bicyclic) bond motifs is 1. The molecular weight excluding hydrogens is 190 g/mol. The molecular formula is C11H12N3O+. The van der Waals surface area contributed by atoms with Crippen LogP contribution in [0.1, 0.15) is 18.5 Å². The van der Waals surface area contributed by atoms with Gasteiger partial charge in [0.1, 0.15) is 5.39 Å². The van der Waals surface area contributed by atoms with Gasteiger partial charge >= 0.3 is 0 Å². The SMILES string of the molecule is OCCCC#Cc1nc[nH+]c2[nH]ccc12. The van der Waals surface area contributed by atoms with Crippen LogP contribution in [0.25, 0.3) is 11.0 Å². The predicted molar refractivity (Wildman–Crippen MR) is 55.8 cm³/mol. The summed E-state index contributed by atoms with van der Waals surface area (Å²) in [6.45, 7) is 0.185. The third kappa shape index (κ3) is 2.14. The van der Waals surface area contributed by atoms with Gasteiger partial charge in [-0.15, -0.1) is 4.98 Å². The van der Waals surface area contributed by atoms with Crippen LogP contribution in [0.2, 0.25) is 0 Å². The van der Waals surface area contributed by atoms with Gasteiger partial charge in [-0.25, -0.2) is 4.98 Å². The second-order valence-electron chi connectivity index (χ2n) is 3.15. The third-order valence-corrected chi connectivity index (χ3v) is 2.07. The molecule has 4 nitrogen and oxygen atoms in total. The fraction of sp³-hybridized carbons (Fsp3) is 0.273. The molecule has 0 fully saturated rings. The zero-order chi connectivity index (χ0) is 10.5. The Morgan fingerprint density at radius 1 is 1.53 bits per heavy atom. The van der Waals surface area contributed by atoms with Crippen LogP contribution in [0.4, 0.5) is 0 Å². The average Bonchev–Trinajstić information content (AvgIpc) is 2.73. The highest BCUT2D eigenvalue weighted by Crippen LogP contribution is 2.08. The molecule has 0 bridgehead atoms. The molecule has 2 heterocycles. The number of aliphatic hydroxyl groups is 1. The molecule has 3 N–H and O–H groups in total. The van der Waals surface area contributed by atoms with Gasteiger partial charge in [0.05, 0.1) is 6.20 Å². The lowest BCUT2D eigenvalue weighted by atomic mass is 10.2. The van der Waals surface area contributed by atoms with Crippen LogP contribution in [0, 0.1) is 11.8 Å². The topological polar surface area (TPSA) is 63.1 Å². The monoisotopic (exact) mass is 202 g/mol. The molecule has 0 aliphatic rings. The fourth-order valence-corrected chi connectivity index (χ4v) is 1.33. The van der Waals surface area contributed by atoms with E-state index in [0.29, 0.717) is 12.8 Å². The van der Waals surface area contributed by atoms with E-state index in [0.717, 1.165) is 16.7 Å². The summed E-state index contributed by atoms with van der Waals surface area (Å²) < 4.78 is 0. The lowest BCUT2D eigenvalue weighted by Crippen LogP contribution is -2.05. The van der Waals surface area contributed by atoms with Gasteiger partial charge < -0.3 is 5.11 Å². The molecule has 2 aromatic heterocycles. The highest BCUT2D eigenvalue weighted by atomic mass is 16.2. The Hall–Kier alpha value is -1.86. The molecule has 15 heavy (non-hydrogen) atoms. The lowest BCUT2D eigenvalue weighted by Gasteiger charge is -1.86. The first-order valence-electron chi connectivity index (χ1n) is 4.85. The molecule has 0 spiro atoms. The van der Waals surface area contributed by atoms with E-state index in [1.165, 1.54) is 0 Å². The maximum absolute atomic E-state index is 8.61. The summed E-state index contributed by atoms with van der Waals surface area (Å²) in [4.78, 5) is 10.2. The molecule has 0 aromatic carbocycles. The van der Waals surface area contributed by atoms with Crippen molar-refractivity contribution < 1.29 is 10.1 Å². The Labute approximate surface area is 87.4 Å². The molecule has 0 atom stereocenters. The molecule has 0 unspecified atom stereocenters. The van der Waals surface area contributed by atoms with Gasteiger partial charge in [0.15, 0.2) is 0 Å². The van der Waals surface area contributed by atoms with Crippen LogP contribution in [0.15, 0.2) is 18.6 Å². The van der Waals surface area contributed by atoms with Gasteiger partial charge in [0, 0.05) is 13.0 Å². The number of H-pyrrole nitrogens is 2. The molecule has 0 saturated carbocycles. The van der Waals surface area contributed by atoms with Crippen LogP contribution in [0.3, 0.4) is 0 Å². The molecule has 0 radical (unpaired) electrons. The predicted octanol–water partition coefficient (Wildman–Crippen LogP) is 0.501. The maximum atomic E-state index is 8.61. The second kappa shape index (κ2) is 4.58. The van der Waals surface area contributed by atoms with Gasteiger partial charge in [0.2, 0.25) is 17.7 Å². The minimum atomic E-state index is 0.185. The van der Waals surface area contributed by atoms with Crippen LogP contribution < -0.4 is 4.98 Å². The zero-order valence-corrected chi connectivity index (χ0v) is 8.25. The van der Waals surface area contributed by atoms with Gasteiger partial charge in [-0.05, 0) is 18.4 Å². The van der Waals surface area contributed by atoms with Gasteiger partial charge in [-0.2, -0.15) is 0 Å². The summed E-state index contributed by atoms with van der Waals surface area (Å²) in [6, 6.07) is 1.94. The second-order valence-corrected chi connectivity index (χ2v) is 3.15. The van der Waals surface area contributed by atoms with Crippen molar-refractivity contribution in [3.8, 4) is 11.8 Å². The zero-order valence-electron chi connectivity index (χ0n) is 8.25. The number of unbranched alkanes of at least 4 members (excludes halogenated alkanes) is 1. The number of hydrogen-bond acceptors (Lipinski definition) is 2. The Morgan fingerprint density at radius 3 is 3.33 bits per heavy atom. The van der Waals surface area contributed by atoms with Crippen LogP contribution in [-0.4, -0.2) is 21.7 Å². The minimum absolute atomic E-state index is 0.185. The van der Waals surface area contributed by atoms with E-state index in [2.05, 4.69) is 26.8 Å². The highest BCUT2D eigenvalue weighted by Gasteiger charge is 2.06. The Balaban J connectivity index is 2.26. The van der Waals surface area contributed by atoms with Crippen molar-refractivity contribution in [2.24, 2.45) is 0 Å². The highest BCUT2D eigenvalue weighted by molar-refractivity contribution is 5.78. The number of rotatable bonds is 2. The molecule has 0 aliphatic heterocycles. The number of hydrogen-bond donors (Lipinski definition) is 2. The van der Waals surface area contributed by atoms with Crippen LogP contribution in [0.5, 0.6) is 0 Å². The van der Waals surface area contributed by atoms with Crippen molar-refractivity contribution in [2.45, 2.75) is 12.8 Å². The summed E-state index contributed by atoms with van der Waals surface area (Å²) >= 11 is 0. The normalized spacial score (nSPS) is 9.93. The first kappa shape index (κ1) is 9.69. The molecule has 2 aromatic rings. The Kier molecular flexibility index (Phi) is 2.96. The lowest BCUT2D eigenvalue weighted by molar-refractivity contribution is -0.352. The van der Waals surface area contributed by atoms with E-state index in [9.17, 15) is 0 Å². The molecule has 76 valence electrons. The van der Waals surface area contributed by atoms with Crippen molar-refractivity contribution in [1.29, 1.82) is 0 Å². The van der Waals surface area contributed by atoms with Crippen molar-refractivity contribution in [3.63, 3.8) is 0 Å². The number of aliphatic hydroxyl groups excluding tert-OH is 1. The van der Waals surface area contributed by atoms with Crippen molar-refractivity contribution in [2.75, 3.05) is 6.61 Å². The first-order chi connectivity index (χ1) is 7.42. The average molecular weight is 202 g/mol. The molecule has 0 saturated heterocycles. The van der Waals surface area contributed by atoms with Gasteiger partial charge in [-0.1, -0.05) is 5.92 Å². The third-order valence-electron chi connectivity index (χ3n) is 2.07. The molecule has 2 rings (SSSR count). The summed E-state index contributed by atoms with van der Waals surface area (Å²) in [5, 5.41) is 9.60. The Morgan fingerprint density at radius 2 is 2.47 bits per heavy atom. The van der Waals surface area contributed by atoms with E-state index < -0.39 is 0 Å². The summed E-state index contributed by atoms with van der Waals surface area (Å²) in [7, 11) is 0. The first-order valence-corrected chi connectivity index (χ1v) is 4.85. The van der Waals surface area contributed by atoms with E-state index in [4.69, 9.17) is 5.11 Å². The van der Waals surface area contributed by atoms with E-state index >= 15 is 0 Å². The minimum Gasteiger partial charge on any atom is -0.396 e. The molecule has 0 aliphatic carbocycles. The smallest absolute Gasteiger partial charge is 0.235 e. The standard InChI is InChI=1S/C11H11N3O/c15-7-3-1-2-4-10-9-5-6-12-11(9)14-8-13-10/h5-6,8,15H,1,3,7H2,(H,12,13,14)/p+1. The fourth-order valence-electron chi connectivity index (χ4n) is 1.33. The summed E-state index contributed by atoms with van der Waals surface area (Å²) in [6.07, 6.45) is 4.88. The number of nitrogens with zero attached hydrogens (tertiary/aromatic N) is 1. The van der Waals surface area contributed by atoms with Gasteiger partial charge in [-0.3, -0.25) is 4.98 Å². The van der Waals surface area contributed by atoms with Crippen molar-refractivity contribution >= 4 is 11.0 Å². The summed E-state index contributed by atoms with van der Waals surface area (Å²) in [5.74, 6) is 5.98.